The van der Waals surface area contributed by atoms with Crippen molar-refractivity contribution in [2.75, 3.05) is 17.3 Å². The number of hydrogen-bond donors (Lipinski definition) is 1. The lowest BCUT2D eigenvalue weighted by Gasteiger charge is -2.36. The molecule has 1 aliphatic heterocycles. The maximum absolute atomic E-state index is 12.5. The smallest absolute Gasteiger partial charge is 0.247 e. The highest BCUT2D eigenvalue weighted by atomic mass is 16.2. The van der Waals surface area contributed by atoms with Gasteiger partial charge in [0, 0.05) is 19.7 Å². The van der Waals surface area contributed by atoms with Gasteiger partial charge in [-0.05, 0) is 30.4 Å². The number of hydrogen-bond acceptors (Lipinski definition) is 5. The Balaban J connectivity index is 0.00000272. The topological polar surface area (TPSA) is 75.9 Å². The molecule has 4 rings (SSSR count). The quantitative estimate of drug-likeness (QED) is 0.655. The van der Waals surface area contributed by atoms with Crippen LogP contribution in [0.4, 0.5) is 11.5 Å². The van der Waals surface area contributed by atoms with Crippen LogP contribution in [0.2, 0.25) is 0 Å². The van der Waals surface area contributed by atoms with E-state index in [9.17, 15) is 4.79 Å². The third-order valence-corrected chi connectivity index (χ3v) is 5.53. The second kappa shape index (κ2) is 9.29. The van der Waals surface area contributed by atoms with Crippen LogP contribution in [0.1, 0.15) is 43.9 Å². The van der Waals surface area contributed by atoms with Crippen LogP contribution in [0.25, 0.3) is 0 Å². The van der Waals surface area contributed by atoms with Crippen molar-refractivity contribution in [1.82, 2.24) is 19.7 Å². The second-order valence-electron chi connectivity index (χ2n) is 8.24. The number of likely N-dealkylation sites (N-methyl/N-ethyl adjacent to an activating group) is 1. The Labute approximate surface area is 184 Å². The van der Waals surface area contributed by atoms with E-state index in [4.69, 9.17) is 4.98 Å². The molecule has 31 heavy (non-hydrogen) atoms. The fourth-order valence-electron chi connectivity index (χ4n) is 4.03. The van der Waals surface area contributed by atoms with Crippen molar-refractivity contribution in [3.05, 3.63) is 65.4 Å². The van der Waals surface area contributed by atoms with Gasteiger partial charge in [0.15, 0.2) is 5.82 Å². The molecule has 0 bridgehead atoms. The van der Waals surface area contributed by atoms with Gasteiger partial charge < -0.3 is 10.2 Å². The highest BCUT2D eigenvalue weighted by Crippen LogP contribution is 2.33. The minimum atomic E-state index is -0.226. The third kappa shape index (κ3) is 4.76. The molecule has 0 spiro atoms. The predicted molar refractivity (Wildman–Crippen MR) is 124 cm³/mol. The van der Waals surface area contributed by atoms with Crippen LogP contribution >= 0.6 is 0 Å². The molecule has 1 aromatic carbocycles. The first-order valence-corrected chi connectivity index (χ1v) is 10.4. The number of amides is 1. The zero-order valence-electron chi connectivity index (χ0n) is 18.0. The normalized spacial score (nSPS) is 15.5. The van der Waals surface area contributed by atoms with Crippen molar-refractivity contribution in [3.63, 3.8) is 0 Å². The van der Waals surface area contributed by atoms with Gasteiger partial charge in [0.2, 0.25) is 5.91 Å². The lowest BCUT2D eigenvalue weighted by molar-refractivity contribution is -0.118. The van der Waals surface area contributed by atoms with Crippen LogP contribution in [-0.2, 0) is 24.2 Å². The van der Waals surface area contributed by atoms with Crippen LogP contribution < -0.4 is 10.2 Å². The van der Waals surface area contributed by atoms with Gasteiger partial charge in [0.25, 0.3) is 0 Å². The van der Waals surface area contributed by atoms with Crippen molar-refractivity contribution in [1.29, 1.82) is 0 Å². The maximum atomic E-state index is 12.5. The zero-order chi connectivity index (χ0) is 21.3. The molecule has 7 heteroatoms. The Morgan fingerprint density at radius 3 is 2.55 bits per heavy atom. The van der Waals surface area contributed by atoms with Gasteiger partial charge in [0.05, 0.1) is 18.4 Å². The van der Waals surface area contributed by atoms with Crippen LogP contribution in [-0.4, -0.2) is 38.7 Å². The molecule has 0 unspecified atom stereocenters. The fourth-order valence-corrected chi connectivity index (χ4v) is 4.03. The summed E-state index contributed by atoms with van der Waals surface area (Å²) in [6, 6.07) is 10.1. The van der Waals surface area contributed by atoms with Gasteiger partial charge in [0.1, 0.15) is 17.6 Å². The number of aryl methyl sites for hydroxylation is 3. The van der Waals surface area contributed by atoms with Crippen molar-refractivity contribution in [2.24, 2.45) is 5.92 Å². The summed E-state index contributed by atoms with van der Waals surface area (Å²) in [4.78, 5) is 23.9. The SMILES string of the molecule is C.Cc1nc(CCc2cnn(Cc3ccccc3)c2)nc2c1NC(=O)[C@H](C(C)C)N2C. The maximum Gasteiger partial charge on any atom is 0.247 e. The standard InChI is InChI=1S/C23H28N6O.CH4/c1-15(2)21-23(30)27-20-16(3)25-19(26-22(20)28(21)4)11-10-18-12-24-29(14-18)13-17-8-6-5-7-9-17;/h5-9,12,14-15,21H,10-11,13H2,1-4H3,(H,27,30);1H4/t21-;/m0./s1. The van der Waals surface area contributed by atoms with E-state index in [-0.39, 0.29) is 25.3 Å². The van der Waals surface area contributed by atoms with E-state index in [2.05, 4.69) is 33.7 Å². The largest absolute Gasteiger partial charge is 0.346 e. The van der Waals surface area contributed by atoms with Crippen molar-refractivity contribution >= 4 is 17.4 Å². The fraction of sp³-hybridized carbons (Fsp3) is 0.417. The van der Waals surface area contributed by atoms with Gasteiger partial charge in [-0.25, -0.2) is 9.97 Å². The summed E-state index contributed by atoms with van der Waals surface area (Å²) in [5.74, 6) is 1.78. The van der Waals surface area contributed by atoms with Crippen LogP contribution in [0.5, 0.6) is 0 Å². The second-order valence-corrected chi connectivity index (χ2v) is 8.24. The van der Waals surface area contributed by atoms with Gasteiger partial charge in [-0.1, -0.05) is 51.6 Å². The number of fused-ring (bicyclic) bond motifs is 1. The minimum absolute atomic E-state index is 0. The molecule has 3 heterocycles. The molecule has 1 atom stereocenters. The Hall–Kier alpha value is -3.22. The van der Waals surface area contributed by atoms with Crippen molar-refractivity contribution < 1.29 is 4.79 Å². The van der Waals surface area contributed by atoms with Gasteiger partial charge in [-0.15, -0.1) is 0 Å². The molecular weight excluding hydrogens is 388 g/mol. The molecule has 164 valence electrons. The molecule has 0 radical (unpaired) electrons. The number of anilines is 2. The van der Waals surface area contributed by atoms with Gasteiger partial charge >= 0.3 is 0 Å². The highest BCUT2D eigenvalue weighted by Gasteiger charge is 2.35. The van der Waals surface area contributed by atoms with Gasteiger partial charge in [-0.2, -0.15) is 5.10 Å². The molecule has 3 aromatic rings. The molecule has 7 nitrogen and oxygen atoms in total. The molecule has 0 saturated heterocycles. The summed E-state index contributed by atoms with van der Waals surface area (Å²) in [5.41, 5.74) is 3.91. The Morgan fingerprint density at radius 2 is 1.84 bits per heavy atom. The van der Waals surface area contributed by atoms with Crippen molar-refractivity contribution in [2.45, 2.75) is 53.6 Å². The number of nitrogens with one attached hydrogen (secondary N) is 1. The molecule has 1 N–H and O–H groups in total. The molecule has 2 aromatic heterocycles. The van der Waals surface area contributed by atoms with E-state index in [0.29, 0.717) is 0 Å². The lowest BCUT2D eigenvalue weighted by atomic mass is 9.99. The monoisotopic (exact) mass is 420 g/mol. The summed E-state index contributed by atoms with van der Waals surface area (Å²) >= 11 is 0. The number of aromatic nitrogens is 4. The molecule has 0 saturated carbocycles. The summed E-state index contributed by atoms with van der Waals surface area (Å²) < 4.78 is 1.96. The summed E-state index contributed by atoms with van der Waals surface area (Å²) in [6.45, 7) is 6.78. The summed E-state index contributed by atoms with van der Waals surface area (Å²) in [6.07, 6.45) is 5.53. The molecule has 0 fully saturated rings. The average Bonchev–Trinajstić information content (AvgIpc) is 3.15. The Bertz CT molecular complexity index is 1040. The molecular formula is C24H32N6O. The van der Waals surface area contributed by atoms with E-state index in [1.807, 2.05) is 61.8 Å². The zero-order valence-corrected chi connectivity index (χ0v) is 18.0. The number of carbonyl (C=O) groups is 1. The predicted octanol–water partition coefficient (Wildman–Crippen LogP) is 3.86. The first-order chi connectivity index (χ1) is 14.4. The Morgan fingerprint density at radius 1 is 1.10 bits per heavy atom. The molecule has 1 aliphatic rings. The van der Waals surface area contributed by atoms with E-state index < -0.39 is 0 Å². The number of rotatable bonds is 6. The average molecular weight is 421 g/mol. The summed E-state index contributed by atoms with van der Waals surface area (Å²) in [7, 11) is 1.94. The minimum Gasteiger partial charge on any atom is -0.346 e. The lowest BCUT2D eigenvalue weighted by Crippen LogP contribution is -2.49. The summed E-state index contributed by atoms with van der Waals surface area (Å²) in [5, 5.41) is 7.48. The van der Waals surface area contributed by atoms with Crippen LogP contribution in [0, 0.1) is 12.8 Å². The van der Waals surface area contributed by atoms with E-state index in [0.717, 1.165) is 48.0 Å². The number of benzene rings is 1. The van der Waals surface area contributed by atoms with Gasteiger partial charge in [-0.3, -0.25) is 9.48 Å². The molecule has 0 aliphatic carbocycles. The number of nitrogens with zero attached hydrogens (tertiary/aromatic N) is 5. The molecule has 1 amide bonds. The first-order valence-electron chi connectivity index (χ1n) is 10.4. The Kier molecular flexibility index (Phi) is 6.73. The van der Waals surface area contributed by atoms with E-state index >= 15 is 0 Å². The van der Waals surface area contributed by atoms with Crippen molar-refractivity contribution in [3.8, 4) is 0 Å². The van der Waals surface area contributed by atoms with E-state index in [1.165, 1.54) is 5.56 Å². The highest BCUT2D eigenvalue weighted by molar-refractivity contribution is 6.03. The van der Waals surface area contributed by atoms with Crippen LogP contribution in [0.15, 0.2) is 42.7 Å². The first kappa shape index (κ1) is 22.5. The van der Waals surface area contributed by atoms with E-state index in [1.54, 1.807) is 0 Å². The number of carbonyl (C=O) groups excluding carboxylic acids is 1. The van der Waals surface area contributed by atoms with Crippen LogP contribution in [0.3, 0.4) is 0 Å². The third-order valence-electron chi connectivity index (χ3n) is 5.53.